The first kappa shape index (κ1) is 17.1. The number of pyridine rings is 1. The maximum Gasteiger partial charge on any atom is 0.387 e. The van der Waals surface area contributed by atoms with Crippen LogP contribution in [0.15, 0.2) is 36.5 Å². The maximum absolute atomic E-state index is 12.2. The summed E-state index contributed by atoms with van der Waals surface area (Å²) < 4.78 is 34.6. The molecule has 0 N–H and O–H groups in total. The minimum absolute atomic E-state index is 0.110. The second-order valence-electron chi connectivity index (χ2n) is 5.69. The SMILES string of the molecule is Cc1ccnc(N2CCO[C@@H](c3ccc(OC(F)F)cc3)C2)c1C#N. The van der Waals surface area contributed by atoms with Crippen LogP contribution < -0.4 is 9.64 Å². The van der Waals surface area contributed by atoms with Gasteiger partial charge in [0.05, 0.1) is 12.2 Å². The topological polar surface area (TPSA) is 58.4 Å². The number of rotatable bonds is 4. The van der Waals surface area contributed by atoms with E-state index in [1.165, 1.54) is 12.1 Å². The molecule has 0 saturated carbocycles. The largest absolute Gasteiger partial charge is 0.435 e. The van der Waals surface area contributed by atoms with E-state index >= 15 is 0 Å². The van der Waals surface area contributed by atoms with Crippen molar-refractivity contribution in [3.8, 4) is 11.8 Å². The molecule has 0 aliphatic carbocycles. The van der Waals surface area contributed by atoms with Crippen molar-refractivity contribution in [2.75, 3.05) is 24.6 Å². The molecule has 1 aliphatic rings. The smallest absolute Gasteiger partial charge is 0.387 e. The summed E-state index contributed by atoms with van der Waals surface area (Å²) in [6.45, 7) is 0.683. The lowest BCUT2D eigenvalue weighted by Crippen LogP contribution is -2.39. The Bertz CT molecular complexity index is 775. The van der Waals surface area contributed by atoms with Crippen LogP contribution in [0, 0.1) is 18.3 Å². The summed E-state index contributed by atoms with van der Waals surface area (Å²) >= 11 is 0. The Labute approximate surface area is 144 Å². The summed E-state index contributed by atoms with van der Waals surface area (Å²) in [4.78, 5) is 6.37. The van der Waals surface area contributed by atoms with Crippen LogP contribution in [-0.2, 0) is 4.74 Å². The molecule has 25 heavy (non-hydrogen) atoms. The molecule has 0 spiro atoms. The van der Waals surface area contributed by atoms with Crippen LogP contribution in [0.4, 0.5) is 14.6 Å². The number of ether oxygens (including phenoxy) is 2. The molecule has 1 aliphatic heterocycles. The molecule has 0 bridgehead atoms. The molecule has 2 aromatic rings. The number of benzene rings is 1. The van der Waals surface area contributed by atoms with E-state index in [2.05, 4.69) is 15.8 Å². The van der Waals surface area contributed by atoms with Gasteiger partial charge in [0.1, 0.15) is 23.7 Å². The number of anilines is 1. The number of aryl methyl sites for hydroxylation is 1. The Morgan fingerprint density at radius 1 is 1.32 bits per heavy atom. The van der Waals surface area contributed by atoms with Crippen molar-refractivity contribution in [1.82, 2.24) is 4.98 Å². The van der Waals surface area contributed by atoms with Gasteiger partial charge in [-0.1, -0.05) is 12.1 Å². The van der Waals surface area contributed by atoms with E-state index in [-0.39, 0.29) is 11.9 Å². The quantitative estimate of drug-likeness (QED) is 0.850. The summed E-state index contributed by atoms with van der Waals surface area (Å²) in [6, 6.07) is 10.4. The number of aromatic nitrogens is 1. The van der Waals surface area contributed by atoms with E-state index in [0.717, 1.165) is 11.1 Å². The number of alkyl halides is 2. The van der Waals surface area contributed by atoms with E-state index in [4.69, 9.17) is 4.74 Å². The van der Waals surface area contributed by atoms with E-state index in [9.17, 15) is 14.0 Å². The van der Waals surface area contributed by atoms with Gasteiger partial charge in [0.2, 0.25) is 0 Å². The zero-order chi connectivity index (χ0) is 17.8. The molecule has 130 valence electrons. The highest BCUT2D eigenvalue weighted by molar-refractivity contribution is 5.57. The molecule has 5 nitrogen and oxygen atoms in total. The molecule has 7 heteroatoms. The molecule has 2 heterocycles. The van der Waals surface area contributed by atoms with E-state index in [0.29, 0.717) is 31.1 Å². The molecular formula is C18H17F2N3O2. The summed E-state index contributed by atoms with van der Waals surface area (Å²) in [7, 11) is 0. The van der Waals surface area contributed by atoms with Crippen molar-refractivity contribution < 1.29 is 18.3 Å². The predicted octanol–water partition coefficient (Wildman–Crippen LogP) is 3.44. The van der Waals surface area contributed by atoms with Gasteiger partial charge >= 0.3 is 6.61 Å². The van der Waals surface area contributed by atoms with E-state index in [1.807, 2.05) is 17.9 Å². The Morgan fingerprint density at radius 3 is 2.76 bits per heavy atom. The standard InChI is InChI=1S/C18H17F2N3O2/c1-12-6-7-22-17(15(12)10-21)23-8-9-24-16(11-23)13-2-4-14(5-3-13)25-18(19)20/h2-7,16,18H,8-9,11H2,1H3/t16-/m1/s1. The van der Waals surface area contributed by atoms with Gasteiger partial charge in [-0.15, -0.1) is 0 Å². The van der Waals surface area contributed by atoms with Gasteiger partial charge in [-0.25, -0.2) is 4.98 Å². The van der Waals surface area contributed by atoms with Crippen molar-refractivity contribution in [3.63, 3.8) is 0 Å². The van der Waals surface area contributed by atoms with Crippen molar-refractivity contribution in [1.29, 1.82) is 5.26 Å². The molecule has 3 rings (SSSR count). The number of hydrogen-bond donors (Lipinski definition) is 0. The molecule has 0 unspecified atom stereocenters. The van der Waals surface area contributed by atoms with Crippen LogP contribution in [-0.4, -0.2) is 31.3 Å². The lowest BCUT2D eigenvalue weighted by molar-refractivity contribution is -0.0498. The van der Waals surface area contributed by atoms with Gasteiger partial charge in [0, 0.05) is 19.3 Å². The van der Waals surface area contributed by atoms with Crippen LogP contribution in [0.25, 0.3) is 0 Å². The van der Waals surface area contributed by atoms with Crippen molar-refractivity contribution >= 4 is 5.82 Å². The van der Waals surface area contributed by atoms with Gasteiger partial charge in [-0.05, 0) is 36.2 Å². The lowest BCUT2D eigenvalue weighted by Gasteiger charge is -2.34. The predicted molar refractivity (Wildman–Crippen MR) is 87.7 cm³/mol. The van der Waals surface area contributed by atoms with Crippen LogP contribution >= 0.6 is 0 Å². The maximum atomic E-state index is 12.2. The number of nitrogens with zero attached hydrogens (tertiary/aromatic N) is 3. The average Bonchev–Trinajstić information content (AvgIpc) is 2.62. The third kappa shape index (κ3) is 3.86. The zero-order valence-electron chi connectivity index (χ0n) is 13.7. The summed E-state index contributed by atoms with van der Waals surface area (Å²) in [5.74, 6) is 0.756. The van der Waals surface area contributed by atoms with Crippen molar-refractivity contribution in [3.05, 3.63) is 53.2 Å². The molecule has 0 amide bonds. The highest BCUT2D eigenvalue weighted by atomic mass is 19.3. The van der Waals surface area contributed by atoms with Crippen LogP contribution in [0.5, 0.6) is 5.75 Å². The summed E-state index contributed by atoms with van der Waals surface area (Å²) in [6.07, 6.45) is 1.45. The van der Waals surface area contributed by atoms with Gasteiger partial charge in [-0.2, -0.15) is 14.0 Å². The first-order chi connectivity index (χ1) is 12.1. The van der Waals surface area contributed by atoms with Gasteiger partial charge in [-0.3, -0.25) is 0 Å². The molecule has 1 aromatic carbocycles. The first-order valence-corrected chi connectivity index (χ1v) is 7.85. The van der Waals surface area contributed by atoms with Crippen molar-refractivity contribution in [2.24, 2.45) is 0 Å². The average molecular weight is 345 g/mol. The lowest BCUT2D eigenvalue weighted by atomic mass is 10.1. The fourth-order valence-electron chi connectivity index (χ4n) is 2.83. The number of halogens is 2. The number of hydrogen-bond acceptors (Lipinski definition) is 5. The summed E-state index contributed by atoms with van der Waals surface area (Å²) in [5.41, 5.74) is 2.30. The van der Waals surface area contributed by atoms with E-state index < -0.39 is 6.61 Å². The molecule has 1 atom stereocenters. The molecular weight excluding hydrogens is 328 g/mol. The minimum atomic E-state index is -2.84. The van der Waals surface area contributed by atoms with Crippen LogP contribution in [0.2, 0.25) is 0 Å². The fourth-order valence-corrected chi connectivity index (χ4v) is 2.83. The molecule has 1 saturated heterocycles. The molecule has 1 fully saturated rings. The number of nitriles is 1. The molecule has 0 radical (unpaired) electrons. The Hall–Kier alpha value is -2.72. The normalized spacial score (nSPS) is 17.4. The first-order valence-electron chi connectivity index (χ1n) is 7.85. The fraction of sp³-hybridized carbons (Fsp3) is 0.333. The van der Waals surface area contributed by atoms with E-state index in [1.54, 1.807) is 18.3 Å². The zero-order valence-corrected chi connectivity index (χ0v) is 13.7. The third-order valence-corrected chi connectivity index (χ3v) is 4.09. The van der Waals surface area contributed by atoms with Gasteiger partial charge in [0.15, 0.2) is 0 Å². The van der Waals surface area contributed by atoms with Gasteiger partial charge < -0.3 is 14.4 Å². The summed E-state index contributed by atoms with van der Waals surface area (Å²) in [5, 5.41) is 9.39. The Kier molecular flexibility index (Phi) is 5.10. The monoisotopic (exact) mass is 345 g/mol. The van der Waals surface area contributed by atoms with Gasteiger partial charge in [0.25, 0.3) is 0 Å². The van der Waals surface area contributed by atoms with Crippen LogP contribution in [0.3, 0.4) is 0 Å². The minimum Gasteiger partial charge on any atom is -0.435 e. The Balaban J connectivity index is 1.78. The van der Waals surface area contributed by atoms with Crippen molar-refractivity contribution in [2.45, 2.75) is 19.6 Å². The second kappa shape index (κ2) is 7.45. The molecule has 1 aromatic heterocycles. The number of morpholine rings is 1. The highest BCUT2D eigenvalue weighted by Crippen LogP contribution is 2.29. The Morgan fingerprint density at radius 2 is 2.08 bits per heavy atom. The second-order valence-corrected chi connectivity index (χ2v) is 5.69. The van der Waals surface area contributed by atoms with Crippen LogP contribution in [0.1, 0.15) is 22.8 Å². The third-order valence-electron chi connectivity index (χ3n) is 4.09. The highest BCUT2D eigenvalue weighted by Gasteiger charge is 2.25.